The van der Waals surface area contributed by atoms with E-state index in [2.05, 4.69) is 15.6 Å². The third kappa shape index (κ3) is 2.88. The zero-order valence-electron chi connectivity index (χ0n) is 8.25. The van der Waals surface area contributed by atoms with Gasteiger partial charge in [-0.2, -0.15) is 0 Å². The van der Waals surface area contributed by atoms with Crippen molar-refractivity contribution >= 4 is 11.8 Å². The normalized spacial score (nSPS) is 9.80. The maximum Gasteiger partial charge on any atom is 0.320 e. The lowest BCUT2D eigenvalue weighted by Gasteiger charge is -2.07. The molecule has 0 radical (unpaired) electrons. The molecule has 0 bridgehead atoms. The van der Waals surface area contributed by atoms with Crippen LogP contribution in [0.25, 0.3) is 0 Å². The Hall–Kier alpha value is -1.69. The lowest BCUT2D eigenvalue weighted by atomic mass is 10.2. The number of carbonyl (C=O) groups excluding carboxylic acids is 1. The van der Waals surface area contributed by atoms with Crippen LogP contribution in [0.2, 0.25) is 0 Å². The Balaban J connectivity index is 2.81. The Bertz CT molecular complexity index is 357. The van der Waals surface area contributed by atoms with Crippen LogP contribution in [0.5, 0.6) is 0 Å². The van der Waals surface area contributed by atoms with Gasteiger partial charge in [0.25, 0.3) is 0 Å². The molecule has 0 fully saturated rings. The highest BCUT2D eigenvalue weighted by molar-refractivity contribution is 5.88. The Morgan fingerprint density at radius 3 is 3.00 bits per heavy atom. The molecular weight excluding hydrogens is 201 g/mol. The van der Waals surface area contributed by atoms with Crippen LogP contribution < -0.4 is 10.6 Å². The van der Waals surface area contributed by atoms with E-state index in [0.717, 1.165) is 0 Å². The van der Waals surface area contributed by atoms with Gasteiger partial charge in [-0.15, -0.1) is 0 Å². The molecule has 1 heterocycles. The molecule has 15 heavy (non-hydrogen) atoms. The van der Waals surface area contributed by atoms with Crippen molar-refractivity contribution in [3.8, 4) is 0 Å². The van der Waals surface area contributed by atoms with Gasteiger partial charge in [-0.1, -0.05) is 0 Å². The zero-order valence-corrected chi connectivity index (χ0v) is 8.25. The van der Waals surface area contributed by atoms with E-state index in [0.29, 0.717) is 6.54 Å². The van der Waals surface area contributed by atoms with Crippen LogP contribution in [0.1, 0.15) is 12.5 Å². The molecule has 82 valence electrons. The average Bonchev–Trinajstić information content (AvgIpc) is 2.21. The first kappa shape index (κ1) is 11.4. The SMILES string of the molecule is CCNC(=O)Nc1nccc(CO)c1F. The molecule has 3 N–H and O–H groups in total. The fourth-order valence-electron chi connectivity index (χ4n) is 1.01. The molecule has 0 spiro atoms. The number of carbonyl (C=O) groups is 1. The van der Waals surface area contributed by atoms with E-state index in [1.165, 1.54) is 12.3 Å². The summed E-state index contributed by atoms with van der Waals surface area (Å²) < 4.78 is 13.4. The molecule has 0 unspecified atom stereocenters. The van der Waals surface area contributed by atoms with Gasteiger partial charge in [-0.3, -0.25) is 5.32 Å². The number of halogens is 1. The number of amides is 2. The van der Waals surface area contributed by atoms with Crippen molar-refractivity contribution < 1.29 is 14.3 Å². The minimum Gasteiger partial charge on any atom is -0.392 e. The maximum atomic E-state index is 13.4. The van der Waals surface area contributed by atoms with Gasteiger partial charge in [0.15, 0.2) is 11.6 Å². The second-order valence-electron chi connectivity index (χ2n) is 2.78. The van der Waals surface area contributed by atoms with Crippen LogP contribution >= 0.6 is 0 Å². The molecule has 0 saturated carbocycles. The summed E-state index contributed by atoms with van der Waals surface area (Å²) in [7, 11) is 0. The van der Waals surface area contributed by atoms with E-state index in [1.54, 1.807) is 6.92 Å². The van der Waals surface area contributed by atoms with Crippen LogP contribution in [0.3, 0.4) is 0 Å². The molecule has 0 aliphatic rings. The summed E-state index contributed by atoms with van der Waals surface area (Å²) in [6.45, 7) is 1.75. The highest BCUT2D eigenvalue weighted by Gasteiger charge is 2.10. The molecule has 0 saturated heterocycles. The number of hydrogen-bond donors (Lipinski definition) is 3. The summed E-state index contributed by atoms with van der Waals surface area (Å²) in [5.74, 6) is -0.904. The number of nitrogens with zero attached hydrogens (tertiary/aromatic N) is 1. The number of anilines is 1. The smallest absolute Gasteiger partial charge is 0.320 e. The second-order valence-corrected chi connectivity index (χ2v) is 2.78. The topological polar surface area (TPSA) is 74.2 Å². The Morgan fingerprint density at radius 1 is 1.67 bits per heavy atom. The highest BCUT2D eigenvalue weighted by atomic mass is 19.1. The third-order valence-electron chi connectivity index (χ3n) is 1.71. The van der Waals surface area contributed by atoms with Gasteiger partial charge in [-0.25, -0.2) is 14.2 Å². The van der Waals surface area contributed by atoms with Crippen molar-refractivity contribution in [1.82, 2.24) is 10.3 Å². The van der Waals surface area contributed by atoms with Gasteiger partial charge in [0, 0.05) is 18.3 Å². The quantitative estimate of drug-likeness (QED) is 0.697. The fraction of sp³-hybridized carbons (Fsp3) is 0.333. The molecule has 5 nitrogen and oxygen atoms in total. The number of nitrogens with one attached hydrogen (secondary N) is 2. The summed E-state index contributed by atoms with van der Waals surface area (Å²) in [6, 6.07) is 0.817. The summed E-state index contributed by atoms with van der Waals surface area (Å²) >= 11 is 0. The van der Waals surface area contributed by atoms with E-state index in [-0.39, 0.29) is 11.4 Å². The van der Waals surface area contributed by atoms with Crippen LogP contribution in [0.4, 0.5) is 15.0 Å². The molecule has 6 heteroatoms. The molecule has 0 aromatic carbocycles. The van der Waals surface area contributed by atoms with E-state index >= 15 is 0 Å². The summed E-state index contributed by atoms with van der Waals surface area (Å²) in [6.07, 6.45) is 1.32. The van der Waals surface area contributed by atoms with E-state index in [4.69, 9.17) is 5.11 Å². The molecule has 1 aromatic rings. The Kier molecular flexibility index (Phi) is 3.99. The van der Waals surface area contributed by atoms with Gasteiger partial charge in [0.1, 0.15) is 0 Å². The van der Waals surface area contributed by atoms with Gasteiger partial charge < -0.3 is 10.4 Å². The van der Waals surface area contributed by atoms with Gasteiger partial charge in [0.05, 0.1) is 6.61 Å². The van der Waals surface area contributed by atoms with Crippen LogP contribution in [0.15, 0.2) is 12.3 Å². The monoisotopic (exact) mass is 213 g/mol. The van der Waals surface area contributed by atoms with E-state index in [1.807, 2.05) is 0 Å². The summed E-state index contributed by atoms with van der Waals surface area (Å²) in [4.78, 5) is 14.7. The Labute approximate surface area is 86.3 Å². The van der Waals surface area contributed by atoms with E-state index in [9.17, 15) is 9.18 Å². The van der Waals surface area contributed by atoms with E-state index < -0.39 is 18.5 Å². The number of aliphatic hydroxyl groups is 1. The van der Waals surface area contributed by atoms with Crippen LogP contribution in [-0.4, -0.2) is 22.7 Å². The molecule has 0 aliphatic carbocycles. The number of aliphatic hydroxyl groups excluding tert-OH is 1. The van der Waals surface area contributed by atoms with Crippen molar-refractivity contribution in [3.63, 3.8) is 0 Å². The molecule has 1 aromatic heterocycles. The van der Waals surface area contributed by atoms with Crippen molar-refractivity contribution in [3.05, 3.63) is 23.6 Å². The van der Waals surface area contributed by atoms with Crippen molar-refractivity contribution in [1.29, 1.82) is 0 Å². The molecule has 2 amide bonds. The summed E-state index contributed by atoms with van der Waals surface area (Å²) in [5, 5.41) is 13.5. The minimum atomic E-state index is -0.716. The number of hydrogen-bond acceptors (Lipinski definition) is 3. The molecule has 1 rings (SSSR count). The zero-order chi connectivity index (χ0) is 11.3. The minimum absolute atomic E-state index is 0.0943. The first-order valence-corrected chi connectivity index (χ1v) is 4.48. The maximum absolute atomic E-state index is 13.4. The van der Waals surface area contributed by atoms with Crippen molar-refractivity contribution in [2.24, 2.45) is 0 Å². The standard InChI is InChI=1S/C9H12FN3O2/c1-2-11-9(15)13-8-7(10)6(5-14)3-4-12-8/h3-4,14H,2,5H2,1H3,(H2,11,12,13,15). The van der Waals surface area contributed by atoms with Crippen molar-refractivity contribution in [2.75, 3.05) is 11.9 Å². The predicted molar refractivity (Wildman–Crippen MR) is 52.8 cm³/mol. The molecule has 0 aliphatic heterocycles. The van der Waals surface area contributed by atoms with Crippen LogP contribution in [0, 0.1) is 5.82 Å². The Morgan fingerprint density at radius 2 is 2.40 bits per heavy atom. The third-order valence-corrected chi connectivity index (χ3v) is 1.71. The lowest BCUT2D eigenvalue weighted by molar-refractivity contribution is 0.252. The predicted octanol–water partition coefficient (Wildman–Crippen LogP) is 0.854. The first-order valence-electron chi connectivity index (χ1n) is 4.48. The van der Waals surface area contributed by atoms with Gasteiger partial charge in [-0.05, 0) is 13.0 Å². The number of aromatic nitrogens is 1. The fourth-order valence-corrected chi connectivity index (χ4v) is 1.01. The average molecular weight is 213 g/mol. The number of pyridine rings is 1. The lowest BCUT2D eigenvalue weighted by Crippen LogP contribution is -2.29. The highest BCUT2D eigenvalue weighted by Crippen LogP contribution is 2.14. The second kappa shape index (κ2) is 5.26. The number of urea groups is 1. The summed E-state index contributed by atoms with van der Waals surface area (Å²) in [5.41, 5.74) is 0.0943. The molecular formula is C9H12FN3O2. The van der Waals surface area contributed by atoms with Crippen LogP contribution in [-0.2, 0) is 6.61 Å². The number of rotatable bonds is 3. The largest absolute Gasteiger partial charge is 0.392 e. The van der Waals surface area contributed by atoms with Gasteiger partial charge >= 0.3 is 6.03 Å². The first-order chi connectivity index (χ1) is 7.19. The van der Waals surface area contributed by atoms with Gasteiger partial charge in [0.2, 0.25) is 0 Å². The molecule has 0 atom stereocenters. The van der Waals surface area contributed by atoms with Crippen molar-refractivity contribution in [2.45, 2.75) is 13.5 Å².